The van der Waals surface area contributed by atoms with Crippen LogP contribution in [-0.2, 0) is 9.53 Å². The Labute approximate surface area is 118 Å². The lowest BCUT2D eigenvalue weighted by Crippen LogP contribution is -2.29. The third-order valence-electron chi connectivity index (χ3n) is 4.08. The largest absolute Gasteiger partial charge is 0.466 e. The summed E-state index contributed by atoms with van der Waals surface area (Å²) in [4.78, 5) is 11.2. The molecule has 0 spiro atoms. The lowest BCUT2D eigenvalue weighted by molar-refractivity contribution is -0.143. The molecule has 0 bridgehead atoms. The van der Waals surface area contributed by atoms with Gasteiger partial charge >= 0.3 is 5.97 Å². The second-order valence-corrected chi connectivity index (χ2v) is 5.72. The predicted molar refractivity (Wildman–Crippen MR) is 79.1 cm³/mol. The minimum atomic E-state index is -0.0619. The zero-order chi connectivity index (χ0) is 13.9. The van der Waals surface area contributed by atoms with Gasteiger partial charge in [0, 0.05) is 12.5 Å². The van der Waals surface area contributed by atoms with Crippen LogP contribution in [-0.4, -0.2) is 25.2 Å². The standard InChI is InChI=1S/C16H31NO2/c1-3-7-14-8-5-9-15(12-11-14)17-13-6-10-16(18)19-4-2/h14-15,17H,3-13H2,1-2H3. The zero-order valence-corrected chi connectivity index (χ0v) is 12.7. The fourth-order valence-electron chi connectivity index (χ4n) is 3.05. The molecule has 0 aliphatic heterocycles. The number of hydrogen-bond acceptors (Lipinski definition) is 3. The molecule has 0 amide bonds. The molecular weight excluding hydrogens is 238 g/mol. The smallest absolute Gasteiger partial charge is 0.305 e. The average molecular weight is 269 g/mol. The Morgan fingerprint density at radius 3 is 2.79 bits per heavy atom. The molecule has 1 rings (SSSR count). The lowest BCUT2D eigenvalue weighted by Gasteiger charge is -2.16. The second-order valence-electron chi connectivity index (χ2n) is 5.72. The van der Waals surface area contributed by atoms with E-state index < -0.39 is 0 Å². The van der Waals surface area contributed by atoms with Crippen LogP contribution in [0.4, 0.5) is 0 Å². The quantitative estimate of drug-likeness (QED) is 0.415. The number of nitrogens with one attached hydrogen (secondary N) is 1. The topological polar surface area (TPSA) is 38.3 Å². The molecule has 3 nitrogen and oxygen atoms in total. The first-order valence-corrected chi connectivity index (χ1v) is 8.15. The van der Waals surface area contributed by atoms with Crippen LogP contribution in [0.25, 0.3) is 0 Å². The molecule has 2 unspecified atom stereocenters. The summed E-state index contributed by atoms with van der Waals surface area (Å²) in [5, 5.41) is 3.61. The van der Waals surface area contributed by atoms with Gasteiger partial charge in [-0.25, -0.2) is 0 Å². The van der Waals surface area contributed by atoms with Gasteiger partial charge in [0.15, 0.2) is 0 Å². The van der Waals surface area contributed by atoms with E-state index in [0.29, 0.717) is 19.1 Å². The van der Waals surface area contributed by atoms with Gasteiger partial charge in [-0.2, -0.15) is 0 Å². The number of esters is 1. The van der Waals surface area contributed by atoms with E-state index in [9.17, 15) is 4.79 Å². The predicted octanol–water partition coefficient (Wildman–Crippen LogP) is 3.67. The Hall–Kier alpha value is -0.570. The molecule has 1 N–H and O–H groups in total. The van der Waals surface area contributed by atoms with Crippen molar-refractivity contribution in [3.8, 4) is 0 Å². The molecule has 1 fully saturated rings. The van der Waals surface area contributed by atoms with Crippen LogP contribution in [0, 0.1) is 5.92 Å². The van der Waals surface area contributed by atoms with Crippen molar-refractivity contribution in [3.05, 3.63) is 0 Å². The lowest BCUT2D eigenvalue weighted by atomic mass is 9.95. The van der Waals surface area contributed by atoms with Crippen molar-refractivity contribution in [1.29, 1.82) is 0 Å². The maximum absolute atomic E-state index is 11.2. The van der Waals surface area contributed by atoms with Gasteiger partial charge in [-0.15, -0.1) is 0 Å². The van der Waals surface area contributed by atoms with Crippen molar-refractivity contribution in [2.24, 2.45) is 5.92 Å². The maximum Gasteiger partial charge on any atom is 0.305 e. The van der Waals surface area contributed by atoms with Gasteiger partial charge in [0.05, 0.1) is 6.61 Å². The Bertz CT molecular complexity index is 243. The fraction of sp³-hybridized carbons (Fsp3) is 0.938. The Morgan fingerprint density at radius 2 is 2.05 bits per heavy atom. The third kappa shape index (κ3) is 7.56. The molecule has 0 aromatic carbocycles. The Morgan fingerprint density at radius 1 is 1.21 bits per heavy atom. The van der Waals surface area contributed by atoms with Crippen LogP contribution < -0.4 is 5.32 Å². The molecule has 1 aliphatic carbocycles. The number of carbonyl (C=O) groups is 1. The first-order chi connectivity index (χ1) is 9.26. The highest BCUT2D eigenvalue weighted by atomic mass is 16.5. The zero-order valence-electron chi connectivity index (χ0n) is 12.7. The van der Waals surface area contributed by atoms with Crippen LogP contribution in [0.1, 0.15) is 71.6 Å². The summed E-state index contributed by atoms with van der Waals surface area (Å²) in [5.74, 6) is 0.893. The first kappa shape index (κ1) is 16.5. The van der Waals surface area contributed by atoms with Gasteiger partial charge in [-0.05, 0) is 45.1 Å². The van der Waals surface area contributed by atoms with Gasteiger partial charge in [0.2, 0.25) is 0 Å². The van der Waals surface area contributed by atoms with Crippen LogP contribution >= 0.6 is 0 Å². The molecular formula is C16H31NO2. The van der Waals surface area contributed by atoms with Crippen molar-refractivity contribution in [3.63, 3.8) is 0 Å². The van der Waals surface area contributed by atoms with E-state index in [0.717, 1.165) is 18.9 Å². The van der Waals surface area contributed by atoms with Gasteiger partial charge in [0.1, 0.15) is 0 Å². The van der Waals surface area contributed by atoms with Gasteiger partial charge < -0.3 is 10.1 Å². The molecule has 1 saturated carbocycles. The summed E-state index contributed by atoms with van der Waals surface area (Å²) in [7, 11) is 0. The Kier molecular flexibility index (Phi) is 8.89. The number of rotatable bonds is 8. The summed E-state index contributed by atoms with van der Waals surface area (Å²) in [6.45, 7) is 5.58. The Balaban J connectivity index is 2.08. The molecule has 112 valence electrons. The van der Waals surface area contributed by atoms with E-state index in [-0.39, 0.29) is 5.97 Å². The van der Waals surface area contributed by atoms with Crippen molar-refractivity contribution in [1.82, 2.24) is 5.32 Å². The van der Waals surface area contributed by atoms with Crippen LogP contribution in [0.2, 0.25) is 0 Å². The van der Waals surface area contributed by atoms with E-state index in [1.165, 1.54) is 44.9 Å². The third-order valence-corrected chi connectivity index (χ3v) is 4.08. The molecule has 19 heavy (non-hydrogen) atoms. The molecule has 0 heterocycles. The second kappa shape index (κ2) is 10.2. The maximum atomic E-state index is 11.2. The van der Waals surface area contributed by atoms with Crippen molar-refractivity contribution in [2.45, 2.75) is 77.7 Å². The highest BCUT2D eigenvalue weighted by Gasteiger charge is 2.17. The fourth-order valence-corrected chi connectivity index (χ4v) is 3.05. The van der Waals surface area contributed by atoms with Crippen LogP contribution in [0.5, 0.6) is 0 Å². The molecule has 0 saturated heterocycles. The van der Waals surface area contributed by atoms with Gasteiger partial charge in [-0.1, -0.05) is 32.6 Å². The van der Waals surface area contributed by atoms with E-state index in [1.807, 2.05) is 6.92 Å². The van der Waals surface area contributed by atoms with Gasteiger partial charge in [-0.3, -0.25) is 4.79 Å². The summed E-state index contributed by atoms with van der Waals surface area (Å²) >= 11 is 0. The minimum Gasteiger partial charge on any atom is -0.466 e. The molecule has 2 atom stereocenters. The van der Waals surface area contributed by atoms with E-state index in [1.54, 1.807) is 0 Å². The number of hydrogen-bond donors (Lipinski definition) is 1. The number of carbonyl (C=O) groups excluding carboxylic acids is 1. The molecule has 1 aliphatic rings. The minimum absolute atomic E-state index is 0.0619. The van der Waals surface area contributed by atoms with Crippen LogP contribution in [0.3, 0.4) is 0 Å². The van der Waals surface area contributed by atoms with Crippen LogP contribution in [0.15, 0.2) is 0 Å². The normalized spacial score (nSPS) is 23.9. The van der Waals surface area contributed by atoms with E-state index in [2.05, 4.69) is 12.2 Å². The van der Waals surface area contributed by atoms with Crippen molar-refractivity contribution in [2.75, 3.05) is 13.2 Å². The average Bonchev–Trinajstić information content (AvgIpc) is 2.61. The summed E-state index contributed by atoms with van der Waals surface area (Å²) < 4.78 is 4.93. The summed E-state index contributed by atoms with van der Waals surface area (Å²) in [6, 6.07) is 0.670. The SMILES string of the molecule is CCCC1CCCC(NCCCC(=O)OCC)CC1. The van der Waals surface area contributed by atoms with E-state index >= 15 is 0 Å². The summed E-state index contributed by atoms with van der Waals surface area (Å²) in [5.41, 5.74) is 0. The highest BCUT2D eigenvalue weighted by Crippen LogP contribution is 2.26. The molecule has 0 radical (unpaired) electrons. The number of ether oxygens (including phenoxy) is 1. The van der Waals surface area contributed by atoms with Gasteiger partial charge in [0.25, 0.3) is 0 Å². The molecule has 3 heteroatoms. The van der Waals surface area contributed by atoms with Crippen molar-refractivity contribution >= 4 is 5.97 Å². The highest BCUT2D eigenvalue weighted by molar-refractivity contribution is 5.69. The van der Waals surface area contributed by atoms with E-state index in [4.69, 9.17) is 4.74 Å². The summed E-state index contributed by atoms with van der Waals surface area (Å²) in [6.07, 6.45) is 10.9. The monoisotopic (exact) mass is 269 g/mol. The molecule has 0 aromatic rings. The molecule has 0 aromatic heterocycles. The first-order valence-electron chi connectivity index (χ1n) is 8.15. The van der Waals surface area contributed by atoms with Crippen molar-refractivity contribution < 1.29 is 9.53 Å².